The molecule has 10 heteroatoms. The molecular formula is C25H35F3N4O3. The van der Waals surface area contributed by atoms with Crippen LogP contribution in [0.2, 0.25) is 0 Å². The largest absolute Gasteiger partial charge is 0.396 e. The van der Waals surface area contributed by atoms with Crippen LogP contribution in [0.5, 0.6) is 0 Å². The molecule has 1 aromatic heterocycles. The van der Waals surface area contributed by atoms with Gasteiger partial charge in [-0.25, -0.2) is 0 Å². The number of carbonyl (C=O) groups excluding carboxylic acids is 1. The highest BCUT2D eigenvalue weighted by Crippen LogP contribution is 2.49. The molecule has 4 atom stereocenters. The molecule has 1 amide bonds. The molecular weight excluding hydrogens is 461 g/mol. The first kappa shape index (κ1) is 25.9. The molecule has 0 spiro atoms. The smallest absolute Gasteiger partial charge is 0.390 e. The Labute approximate surface area is 203 Å². The van der Waals surface area contributed by atoms with Crippen molar-refractivity contribution in [3.63, 3.8) is 0 Å². The molecule has 0 saturated carbocycles. The van der Waals surface area contributed by atoms with Crippen LogP contribution in [0.25, 0.3) is 5.57 Å². The molecule has 1 fully saturated rings. The monoisotopic (exact) mass is 496 g/mol. The molecule has 0 aromatic carbocycles. The average molecular weight is 497 g/mol. The minimum Gasteiger partial charge on any atom is -0.396 e. The minimum absolute atomic E-state index is 0.137. The van der Waals surface area contributed by atoms with Crippen LogP contribution in [0.3, 0.4) is 0 Å². The molecule has 3 aliphatic rings. The van der Waals surface area contributed by atoms with Gasteiger partial charge in [-0.1, -0.05) is 6.08 Å². The van der Waals surface area contributed by atoms with E-state index in [1.807, 2.05) is 25.1 Å². The molecule has 3 heterocycles. The average Bonchev–Trinajstić information content (AvgIpc) is 3.50. The Hall–Kier alpha value is -2.17. The number of alkyl halides is 3. The van der Waals surface area contributed by atoms with Crippen molar-refractivity contribution in [1.82, 2.24) is 19.7 Å². The van der Waals surface area contributed by atoms with E-state index in [0.29, 0.717) is 24.2 Å². The van der Waals surface area contributed by atoms with Crippen LogP contribution in [0, 0.1) is 11.8 Å². The number of likely N-dealkylation sites (tertiary alicyclic amines) is 1. The third-order valence-corrected chi connectivity index (χ3v) is 7.58. The lowest BCUT2D eigenvalue weighted by Crippen LogP contribution is -2.49. The van der Waals surface area contributed by atoms with E-state index in [9.17, 15) is 27.9 Å². The van der Waals surface area contributed by atoms with Crippen molar-refractivity contribution in [1.29, 1.82) is 0 Å². The molecule has 0 bridgehead atoms. The molecule has 1 saturated heterocycles. The van der Waals surface area contributed by atoms with Gasteiger partial charge in [0, 0.05) is 49.3 Å². The highest BCUT2D eigenvalue weighted by Gasteiger charge is 2.55. The summed E-state index contributed by atoms with van der Waals surface area (Å²) in [5.41, 5.74) is 2.15. The van der Waals surface area contributed by atoms with Gasteiger partial charge in [0.1, 0.15) is 0 Å². The van der Waals surface area contributed by atoms with Crippen molar-refractivity contribution in [2.24, 2.45) is 11.8 Å². The summed E-state index contributed by atoms with van der Waals surface area (Å²) in [5.74, 6) is -1.23. The van der Waals surface area contributed by atoms with Crippen LogP contribution in [0.1, 0.15) is 49.4 Å². The van der Waals surface area contributed by atoms with E-state index >= 15 is 0 Å². The Morgan fingerprint density at radius 3 is 2.69 bits per heavy atom. The van der Waals surface area contributed by atoms with E-state index in [1.165, 1.54) is 0 Å². The number of halogens is 3. The maximum Gasteiger partial charge on any atom is 0.390 e. The molecule has 0 radical (unpaired) electrons. The SMILES string of the molecule is CN(C)CCCNC(=O)[C@H]1[C@H](CO)[C@H]2Cn3c(ccc(C4=CCCC4)c3=O)[C@H]2N1CCC(F)(F)F. The van der Waals surface area contributed by atoms with Gasteiger partial charge in [0.05, 0.1) is 18.5 Å². The topological polar surface area (TPSA) is 77.8 Å². The van der Waals surface area contributed by atoms with E-state index in [-0.39, 0.29) is 37.1 Å². The van der Waals surface area contributed by atoms with Gasteiger partial charge in [0.15, 0.2) is 0 Å². The van der Waals surface area contributed by atoms with Crippen molar-refractivity contribution >= 4 is 11.5 Å². The van der Waals surface area contributed by atoms with E-state index in [2.05, 4.69) is 11.4 Å². The maximum absolute atomic E-state index is 13.3. The Morgan fingerprint density at radius 1 is 1.29 bits per heavy atom. The first-order chi connectivity index (χ1) is 16.6. The van der Waals surface area contributed by atoms with E-state index in [1.54, 1.807) is 15.5 Å². The predicted octanol–water partition coefficient (Wildman–Crippen LogP) is 2.40. The Balaban J connectivity index is 1.63. The summed E-state index contributed by atoms with van der Waals surface area (Å²) in [5, 5.41) is 13.1. The number of aromatic nitrogens is 1. The van der Waals surface area contributed by atoms with Gasteiger partial charge in [0.2, 0.25) is 5.91 Å². The molecule has 1 aromatic rings. The van der Waals surface area contributed by atoms with Gasteiger partial charge in [-0.3, -0.25) is 14.5 Å². The van der Waals surface area contributed by atoms with Crippen molar-refractivity contribution in [3.8, 4) is 0 Å². The first-order valence-electron chi connectivity index (χ1n) is 12.4. The van der Waals surface area contributed by atoms with Gasteiger partial charge in [-0.2, -0.15) is 13.2 Å². The highest BCUT2D eigenvalue weighted by molar-refractivity contribution is 5.82. The lowest BCUT2D eigenvalue weighted by atomic mass is 9.88. The van der Waals surface area contributed by atoms with Crippen molar-refractivity contribution in [3.05, 3.63) is 39.8 Å². The van der Waals surface area contributed by atoms with Crippen LogP contribution in [0.15, 0.2) is 23.0 Å². The number of nitrogens with zero attached hydrogens (tertiary/aromatic N) is 3. The van der Waals surface area contributed by atoms with E-state index < -0.39 is 30.6 Å². The number of rotatable bonds is 9. The maximum atomic E-state index is 13.3. The Kier molecular flexibility index (Phi) is 7.73. The fourth-order valence-corrected chi connectivity index (χ4v) is 5.99. The van der Waals surface area contributed by atoms with Crippen LogP contribution in [-0.2, 0) is 11.3 Å². The summed E-state index contributed by atoms with van der Waals surface area (Å²) >= 11 is 0. The Morgan fingerprint density at radius 2 is 2.06 bits per heavy atom. The minimum atomic E-state index is -4.38. The third-order valence-electron chi connectivity index (χ3n) is 7.58. The lowest BCUT2D eigenvalue weighted by Gasteiger charge is -2.31. The number of carbonyl (C=O) groups is 1. The van der Waals surface area contributed by atoms with Crippen LogP contribution in [0.4, 0.5) is 13.2 Å². The zero-order valence-electron chi connectivity index (χ0n) is 20.4. The number of hydrogen-bond donors (Lipinski definition) is 2. The van der Waals surface area contributed by atoms with E-state index in [4.69, 9.17) is 0 Å². The highest BCUT2D eigenvalue weighted by atomic mass is 19.4. The third kappa shape index (κ3) is 5.34. The summed E-state index contributed by atoms with van der Waals surface area (Å²) < 4.78 is 41.3. The summed E-state index contributed by atoms with van der Waals surface area (Å²) in [4.78, 5) is 30.1. The second-order valence-electron chi connectivity index (χ2n) is 10.2. The molecule has 1 aliphatic carbocycles. The molecule has 194 valence electrons. The van der Waals surface area contributed by atoms with Gasteiger partial charge in [-0.05, 0) is 64.0 Å². The van der Waals surface area contributed by atoms with E-state index in [0.717, 1.165) is 31.4 Å². The number of allylic oxidation sites excluding steroid dienone is 2. The van der Waals surface area contributed by atoms with Gasteiger partial charge < -0.3 is 19.9 Å². The number of fused-ring (bicyclic) bond motifs is 3. The number of aliphatic hydroxyl groups is 1. The number of hydrogen-bond acceptors (Lipinski definition) is 5. The second kappa shape index (κ2) is 10.4. The number of nitrogens with one attached hydrogen (secondary N) is 1. The predicted molar refractivity (Wildman–Crippen MR) is 127 cm³/mol. The molecule has 0 unspecified atom stereocenters. The van der Waals surface area contributed by atoms with Crippen molar-refractivity contribution in [2.75, 3.05) is 40.3 Å². The summed E-state index contributed by atoms with van der Waals surface area (Å²) in [6.45, 7) is 0.769. The summed E-state index contributed by atoms with van der Waals surface area (Å²) in [6, 6.07) is 2.20. The quantitative estimate of drug-likeness (QED) is 0.514. The van der Waals surface area contributed by atoms with Gasteiger partial charge in [-0.15, -0.1) is 0 Å². The van der Waals surface area contributed by atoms with Gasteiger partial charge >= 0.3 is 6.18 Å². The molecule has 2 aliphatic heterocycles. The van der Waals surface area contributed by atoms with Crippen LogP contribution < -0.4 is 10.9 Å². The summed E-state index contributed by atoms with van der Waals surface area (Å²) in [7, 11) is 3.85. The standard InChI is InChI=1S/C25H35F3N4O3/c1-30(2)12-5-11-29-23(34)22-19(15-33)18-14-32-20(21(18)31(22)13-10-25(26,27)28)9-8-17(24(32)35)16-6-3-4-7-16/h6,8-9,18-19,21-22,33H,3-5,7,10-15H2,1-2H3,(H,29,34)/t18-,19-,21+,22-/m1/s1. The zero-order valence-corrected chi connectivity index (χ0v) is 20.4. The normalized spacial score (nSPS) is 26.2. The summed E-state index contributed by atoms with van der Waals surface area (Å²) in [6.07, 6.45) is 0.124. The molecule has 7 nitrogen and oxygen atoms in total. The fraction of sp³-hybridized carbons (Fsp3) is 0.680. The second-order valence-corrected chi connectivity index (χ2v) is 10.2. The zero-order chi connectivity index (χ0) is 25.3. The molecule has 4 rings (SSSR count). The van der Waals surface area contributed by atoms with Crippen molar-refractivity contribution < 1.29 is 23.1 Å². The lowest BCUT2D eigenvalue weighted by molar-refractivity contribution is -0.143. The number of pyridine rings is 1. The van der Waals surface area contributed by atoms with Crippen molar-refractivity contribution in [2.45, 2.75) is 56.9 Å². The number of aliphatic hydroxyl groups excluding tert-OH is 1. The van der Waals surface area contributed by atoms with Crippen LogP contribution >= 0.6 is 0 Å². The number of amides is 1. The molecule has 2 N–H and O–H groups in total. The van der Waals surface area contributed by atoms with Crippen LogP contribution in [-0.4, -0.2) is 77.9 Å². The fourth-order valence-electron chi connectivity index (χ4n) is 5.99. The first-order valence-corrected chi connectivity index (χ1v) is 12.4. The Bertz CT molecular complexity index is 1020. The molecule has 35 heavy (non-hydrogen) atoms. The van der Waals surface area contributed by atoms with Gasteiger partial charge in [0.25, 0.3) is 5.56 Å².